The van der Waals surface area contributed by atoms with Crippen molar-refractivity contribution in [2.24, 2.45) is 4.99 Å². The number of benzene rings is 2. The third-order valence-corrected chi connectivity index (χ3v) is 3.77. The van der Waals surface area contributed by atoms with Crippen LogP contribution in [-0.2, 0) is 0 Å². The number of aliphatic imine (C=N–C) groups is 1. The van der Waals surface area contributed by atoms with Crippen molar-refractivity contribution >= 4 is 17.6 Å². The Morgan fingerprint density at radius 3 is 2.70 bits per heavy atom. The quantitative estimate of drug-likeness (QED) is 0.489. The lowest BCUT2D eigenvalue weighted by Gasteiger charge is -2.10. The molecule has 0 aliphatic carbocycles. The predicted molar refractivity (Wildman–Crippen MR) is 88.8 cm³/mol. The van der Waals surface area contributed by atoms with Crippen LogP contribution in [0.1, 0.15) is 37.3 Å². The van der Waals surface area contributed by atoms with Crippen molar-refractivity contribution in [1.29, 1.82) is 0 Å². The molecule has 0 radical (unpaired) electrons. The van der Waals surface area contributed by atoms with Crippen molar-refractivity contribution in [2.45, 2.75) is 26.2 Å². The van der Waals surface area contributed by atoms with Crippen LogP contribution in [0.25, 0.3) is 0 Å². The Morgan fingerprint density at radius 1 is 1.30 bits per heavy atom. The number of nitrogens with zero attached hydrogens (tertiary/aromatic N) is 2. The number of phenolic OH excluding ortho intramolecular Hbond substituents is 2. The van der Waals surface area contributed by atoms with Gasteiger partial charge in [-0.2, -0.15) is 0 Å². The van der Waals surface area contributed by atoms with E-state index >= 15 is 0 Å². The number of rotatable bonds is 5. The molecule has 0 bridgehead atoms. The number of aromatic hydroxyl groups is 2. The Balaban J connectivity index is 2.37. The molecule has 6 nitrogen and oxygen atoms in total. The van der Waals surface area contributed by atoms with E-state index in [1.54, 1.807) is 12.1 Å². The Labute approximate surface area is 133 Å². The van der Waals surface area contributed by atoms with Crippen molar-refractivity contribution in [2.75, 3.05) is 0 Å². The van der Waals surface area contributed by atoms with Gasteiger partial charge in [-0.15, -0.1) is 0 Å². The van der Waals surface area contributed by atoms with Crippen LogP contribution in [0.3, 0.4) is 0 Å². The molecule has 0 fully saturated rings. The number of nitro groups is 1. The highest BCUT2D eigenvalue weighted by Gasteiger charge is 2.15. The summed E-state index contributed by atoms with van der Waals surface area (Å²) in [6.07, 6.45) is 2.26. The highest BCUT2D eigenvalue weighted by Crippen LogP contribution is 2.32. The van der Waals surface area contributed by atoms with Gasteiger partial charge in [0.2, 0.25) is 5.75 Å². The minimum absolute atomic E-state index is 0.0122. The summed E-state index contributed by atoms with van der Waals surface area (Å²) in [5.41, 5.74) is 1.23. The number of para-hydroxylation sites is 1. The Bertz CT molecular complexity index is 756. The van der Waals surface area contributed by atoms with Gasteiger partial charge in [-0.1, -0.05) is 26.0 Å². The molecule has 2 N–H and O–H groups in total. The summed E-state index contributed by atoms with van der Waals surface area (Å²) in [4.78, 5) is 14.3. The lowest BCUT2D eigenvalue weighted by atomic mass is 9.98. The molecular weight excluding hydrogens is 296 g/mol. The fraction of sp³-hybridized carbons (Fsp3) is 0.235. The zero-order valence-corrected chi connectivity index (χ0v) is 12.9. The summed E-state index contributed by atoms with van der Waals surface area (Å²) in [6.45, 7) is 4.15. The average molecular weight is 314 g/mol. The van der Waals surface area contributed by atoms with Gasteiger partial charge in [0.1, 0.15) is 11.4 Å². The fourth-order valence-electron chi connectivity index (χ4n) is 2.13. The summed E-state index contributed by atoms with van der Waals surface area (Å²) < 4.78 is 0. The normalized spacial score (nSPS) is 12.4. The molecule has 6 heteroatoms. The highest BCUT2D eigenvalue weighted by atomic mass is 16.6. The lowest BCUT2D eigenvalue weighted by molar-refractivity contribution is -0.385. The Morgan fingerprint density at radius 2 is 2.04 bits per heavy atom. The molecule has 2 aromatic carbocycles. The van der Waals surface area contributed by atoms with Gasteiger partial charge in [0.15, 0.2) is 0 Å². The maximum Gasteiger partial charge on any atom is 0.311 e. The van der Waals surface area contributed by atoms with Crippen molar-refractivity contribution in [1.82, 2.24) is 0 Å². The van der Waals surface area contributed by atoms with Crippen LogP contribution in [-0.4, -0.2) is 21.4 Å². The van der Waals surface area contributed by atoms with Crippen LogP contribution in [0.2, 0.25) is 0 Å². The fourth-order valence-corrected chi connectivity index (χ4v) is 2.13. The van der Waals surface area contributed by atoms with Gasteiger partial charge in [0, 0.05) is 17.8 Å². The molecule has 0 spiro atoms. The summed E-state index contributed by atoms with van der Waals surface area (Å²) in [6, 6.07) is 9.38. The van der Waals surface area contributed by atoms with Gasteiger partial charge in [-0.3, -0.25) is 15.1 Å². The lowest BCUT2D eigenvalue weighted by Crippen LogP contribution is -1.92. The molecule has 1 unspecified atom stereocenters. The molecule has 0 aliphatic heterocycles. The minimum atomic E-state index is -0.659. The molecule has 0 aromatic heterocycles. The second-order valence-corrected chi connectivity index (χ2v) is 5.29. The monoisotopic (exact) mass is 314 g/mol. The second-order valence-electron chi connectivity index (χ2n) is 5.29. The maximum absolute atomic E-state index is 10.8. The van der Waals surface area contributed by atoms with E-state index in [0.29, 0.717) is 11.6 Å². The first-order valence-corrected chi connectivity index (χ1v) is 7.27. The summed E-state index contributed by atoms with van der Waals surface area (Å²) >= 11 is 0. The van der Waals surface area contributed by atoms with Gasteiger partial charge >= 0.3 is 5.69 Å². The van der Waals surface area contributed by atoms with E-state index in [1.165, 1.54) is 24.4 Å². The van der Waals surface area contributed by atoms with Crippen molar-refractivity contribution in [3.05, 3.63) is 57.6 Å². The third kappa shape index (κ3) is 3.66. The summed E-state index contributed by atoms with van der Waals surface area (Å²) in [5, 5.41) is 30.6. The molecule has 23 heavy (non-hydrogen) atoms. The van der Waals surface area contributed by atoms with Crippen LogP contribution >= 0.6 is 0 Å². The van der Waals surface area contributed by atoms with Gasteiger partial charge in [0.25, 0.3) is 0 Å². The van der Waals surface area contributed by atoms with Gasteiger partial charge in [-0.05, 0) is 36.1 Å². The minimum Gasteiger partial charge on any atom is -0.506 e. The average Bonchev–Trinajstić information content (AvgIpc) is 2.54. The highest BCUT2D eigenvalue weighted by molar-refractivity contribution is 5.87. The Kier molecular flexibility index (Phi) is 4.95. The Hall–Kier alpha value is -2.89. The smallest absolute Gasteiger partial charge is 0.311 e. The van der Waals surface area contributed by atoms with Crippen LogP contribution in [0.4, 0.5) is 11.4 Å². The molecular formula is C17H18N2O4. The molecule has 120 valence electrons. The number of nitro benzene ring substituents is 1. The van der Waals surface area contributed by atoms with E-state index in [1.807, 2.05) is 6.07 Å². The number of hydrogen-bond acceptors (Lipinski definition) is 5. The van der Waals surface area contributed by atoms with E-state index in [0.717, 1.165) is 12.0 Å². The van der Waals surface area contributed by atoms with Crippen molar-refractivity contribution in [3.63, 3.8) is 0 Å². The predicted octanol–water partition coefficient (Wildman–Crippen LogP) is 4.27. The molecule has 2 rings (SSSR count). The van der Waals surface area contributed by atoms with E-state index in [2.05, 4.69) is 18.8 Å². The first-order chi connectivity index (χ1) is 10.9. The first kappa shape index (κ1) is 16.5. The molecule has 0 aliphatic rings. The number of phenols is 2. The van der Waals surface area contributed by atoms with E-state index in [9.17, 15) is 20.3 Å². The van der Waals surface area contributed by atoms with Crippen LogP contribution in [0.15, 0.2) is 41.4 Å². The van der Waals surface area contributed by atoms with Crippen LogP contribution in [0, 0.1) is 10.1 Å². The standard InChI is InChI=1S/C17H18N2O4/c1-3-11(2)12-7-8-16(20)14(9-12)18-10-13-5-4-6-15(17(13)21)19(22)23/h4-11,20-21H,3H2,1-2H3. The second kappa shape index (κ2) is 6.91. The van der Waals surface area contributed by atoms with Gasteiger partial charge in [0.05, 0.1) is 4.92 Å². The summed E-state index contributed by atoms with van der Waals surface area (Å²) in [7, 11) is 0. The molecule has 0 saturated heterocycles. The van der Waals surface area contributed by atoms with E-state index < -0.39 is 10.7 Å². The van der Waals surface area contributed by atoms with Crippen molar-refractivity contribution in [3.8, 4) is 11.5 Å². The number of hydrogen-bond donors (Lipinski definition) is 2. The SMILES string of the molecule is CCC(C)c1ccc(O)c(N=Cc2cccc([N+](=O)[O-])c2O)c1. The maximum atomic E-state index is 10.8. The molecule has 0 amide bonds. The van der Waals surface area contributed by atoms with Crippen LogP contribution in [0.5, 0.6) is 11.5 Å². The summed E-state index contributed by atoms with van der Waals surface area (Å²) in [5.74, 6) is -0.104. The third-order valence-electron chi connectivity index (χ3n) is 3.77. The zero-order valence-electron chi connectivity index (χ0n) is 12.9. The molecule has 0 saturated carbocycles. The first-order valence-electron chi connectivity index (χ1n) is 7.27. The largest absolute Gasteiger partial charge is 0.506 e. The van der Waals surface area contributed by atoms with Gasteiger partial charge in [-0.25, -0.2) is 0 Å². The molecule has 1 atom stereocenters. The van der Waals surface area contributed by atoms with Gasteiger partial charge < -0.3 is 10.2 Å². The van der Waals surface area contributed by atoms with Crippen molar-refractivity contribution < 1.29 is 15.1 Å². The molecule has 2 aromatic rings. The molecule has 0 heterocycles. The van der Waals surface area contributed by atoms with Crippen LogP contribution < -0.4 is 0 Å². The van der Waals surface area contributed by atoms with E-state index in [-0.39, 0.29) is 17.0 Å². The zero-order chi connectivity index (χ0) is 17.0. The van der Waals surface area contributed by atoms with E-state index in [4.69, 9.17) is 0 Å². The topological polar surface area (TPSA) is 96.0 Å².